The maximum absolute atomic E-state index is 12.2. The van der Waals surface area contributed by atoms with Crippen molar-refractivity contribution >= 4 is 17.5 Å². The Bertz CT molecular complexity index is 537. The zero-order valence-electron chi connectivity index (χ0n) is 13.2. The van der Waals surface area contributed by atoms with Gasteiger partial charge in [-0.05, 0) is 56.5 Å². The summed E-state index contributed by atoms with van der Waals surface area (Å²) in [5.41, 5.74) is 7.68. The van der Waals surface area contributed by atoms with E-state index >= 15 is 0 Å². The Balaban J connectivity index is 1.96. The Morgan fingerprint density at radius 3 is 2.64 bits per heavy atom. The van der Waals surface area contributed by atoms with E-state index in [1.165, 1.54) is 12.8 Å². The Morgan fingerprint density at radius 1 is 1.27 bits per heavy atom. The van der Waals surface area contributed by atoms with Gasteiger partial charge in [-0.15, -0.1) is 0 Å². The molecular weight excluding hydrogens is 278 g/mol. The topological polar surface area (TPSA) is 84.2 Å². The van der Waals surface area contributed by atoms with Gasteiger partial charge in [-0.3, -0.25) is 9.59 Å². The highest BCUT2D eigenvalue weighted by Crippen LogP contribution is 2.20. The molecule has 0 aliphatic heterocycles. The molecule has 22 heavy (non-hydrogen) atoms. The molecule has 0 radical (unpaired) electrons. The predicted octanol–water partition coefficient (Wildman–Crippen LogP) is 2.34. The van der Waals surface area contributed by atoms with E-state index in [2.05, 4.69) is 10.6 Å². The lowest BCUT2D eigenvalue weighted by molar-refractivity contribution is -0.116. The third-order valence-corrected chi connectivity index (χ3v) is 4.06. The van der Waals surface area contributed by atoms with Gasteiger partial charge in [0, 0.05) is 23.7 Å². The van der Waals surface area contributed by atoms with Gasteiger partial charge in [0.1, 0.15) is 0 Å². The SMILES string of the molecule is Cc1cc(C(=O)NC2CCCC2)ccc1NC(=O)CCCN. The normalized spacial score (nSPS) is 14.8. The summed E-state index contributed by atoms with van der Waals surface area (Å²) >= 11 is 0. The number of nitrogens with one attached hydrogen (secondary N) is 2. The van der Waals surface area contributed by atoms with Crippen LogP contribution >= 0.6 is 0 Å². The fraction of sp³-hybridized carbons (Fsp3) is 0.529. The maximum Gasteiger partial charge on any atom is 0.251 e. The molecule has 0 atom stereocenters. The monoisotopic (exact) mass is 303 g/mol. The van der Waals surface area contributed by atoms with Crippen LogP contribution in [0, 0.1) is 6.92 Å². The summed E-state index contributed by atoms with van der Waals surface area (Å²) in [4.78, 5) is 23.9. The average Bonchev–Trinajstić information content (AvgIpc) is 3.00. The van der Waals surface area contributed by atoms with Gasteiger partial charge in [-0.2, -0.15) is 0 Å². The van der Waals surface area contributed by atoms with Gasteiger partial charge in [-0.1, -0.05) is 12.8 Å². The summed E-state index contributed by atoms with van der Waals surface area (Å²) in [6.45, 7) is 2.40. The molecule has 5 heteroatoms. The first-order valence-corrected chi connectivity index (χ1v) is 8.01. The zero-order valence-corrected chi connectivity index (χ0v) is 13.2. The van der Waals surface area contributed by atoms with Crippen LogP contribution in [0.1, 0.15) is 54.4 Å². The minimum Gasteiger partial charge on any atom is -0.349 e. The van der Waals surface area contributed by atoms with Crippen molar-refractivity contribution in [3.8, 4) is 0 Å². The third kappa shape index (κ3) is 4.56. The zero-order chi connectivity index (χ0) is 15.9. The van der Waals surface area contributed by atoms with Crippen LogP contribution in [0.5, 0.6) is 0 Å². The molecule has 5 nitrogen and oxygen atoms in total. The molecule has 0 heterocycles. The molecule has 0 aromatic heterocycles. The van der Waals surface area contributed by atoms with E-state index in [1.807, 2.05) is 13.0 Å². The molecule has 2 rings (SSSR count). The summed E-state index contributed by atoms with van der Waals surface area (Å²) in [5.74, 6) is -0.0762. The number of carbonyl (C=O) groups is 2. The number of carbonyl (C=O) groups excluding carboxylic acids is 2. The van der Waals surface area contributed by atoms with Gasteiger partial charge in [0.05, 0.1) is 0 Å². The second-order valence-electron chi connectivity index (χ2n) is 5.92. The van der Waals surface area contributed by atoms with Crippen molar-refractivity contribution in [2.75, 3.05) is 11.9 Å². The molecule has 0 spiro atoms. The molecule has 1 fully saturated rings. The van der Waals surface area contributed by atoms with Crippen LogP contribution in [-0.2, 0) is 4.79 Å². The second-order valence-corrected chi connectivity index (χ2v) is 5.92. The number of nitrogens with two attached hydrogens (primary N) is 1. The fourth-order valence-corrected chi connectivity index (χ4v) is 2.76. The van der Waals surface area contributed by atoms with Gasteiger partial charge < -0.3 is 16.4 Å². The van der Waals surface area contributed by atoms with E-state index in [1.54, 1.807) is 12.1 Å². The van der Waals surface area contributed by atoms with Crippen LogP contribution in [0.3, 0.4) is 0 Å². The quantitative estimate of drug-likeness (QED) is 0.754. The summed E-state index contributed by atoms with van der Waals surface area (Å²) < 4.78 is 0. The largest absolute Gasteiger partial charge is 0.349 e. The van der Waals surface area contributed by atoms with Gasteiger partial charge in [0.2, 0.25) is 5.91 Å². The minimum atomic E-state index is -0.0447. The van der Waals surface area contributed by atoms with Crippen molar-refractivity contribution in [2.24, 2.45) is 5.73 Å². The lowest BCUT2D eigenvalue weighted by Gasteiger charge is -2.13. The van der Waals surface area contributed by atoms with Crippen LogP contribution in [0.25, 0.3) is 0 Å². The summed E-state index contributed by atoms with van der Waals surface area (Å²) in [6.07, 6.45) is 5.61. The molecule has 1 saturated carbocycles. The molecule has 1 aliphatic rings. The molecule has 0 unspecified atom stereocenters. The Hall–Kier alpha value is -1.88. The van der Waals surface area contributed by atoms with Crippen LogP contribution < -0.4 is 16.4 Å². The number of benzene rings is 1. The van der Waals surface area contributed by atoms with Crippen LogP contribution in [0.15, 0.2) is 18.2 Å². The number of hydrogen-bond acceptors (Lipinski definition) is 3. The predicted molar refractivity (Wildman–Crippen MR) is 87.8 cm³/mol. The molecular formula is C17H25N3O2. The molecule has 0 bridgehead atoms. The maximum atomic E-state index is 12.2. The van der Waals surface area contributed by atoms with Crippen molar-refractivity contribution in [1.82, 2.24) is 5.32 Å². The number of anilines is 1. The van der Waals surface area contributed by atoms with Gasteiger partial charge in [-0.25, -0.2) is 0 Å². The van der Waals surface area contributed by atoms with Crippen molar-refractivity contribution in [2.45, 2.75) is 51.5 Å². The van der Waals surface area contributed by atoms with E-state index in [4.69, 9.17) is 5.73 Å². The van der Waals surface area contributed by atoms with E-state index in [9.17, 15) is 9.59 Å². The molecule has 1 aromatic carbocycles. The Morgan fingerprint density at radius 2 is 2.00 bits per heavy atom. The first-order chi connectivity index (χ1) is 10.6. The summed E-state index contributed by atoms with van der Waals surface area (Å²) in [7, 11) is 0. The number of hydrogen-bond donors (Lipinski definition) is 3. The Labute approximate surface area is 131 Å². The molecule has 1 aromatic rings. The summed E-state index contributed by atoms with van der Waals surface area (Å²) in [6, 6.07) is 5.68. The lowest BCUT2D eigenvalue weighted by Crippen LogP contribution is -2.32. The lowest BCUT2D eigenvalue weighted by atomic mass is 10.1. The van der Waals surface area contributed by atoms with Crippen molar-refractivity contribution in [1.29, 1.82) is 0 Å². The highest BCUT2D eigenvalue weighted by atomic mass is 16.2. The number of aryl methyl sites for hydroxylation is 1. The standard InChI is InChI=1S/C17H25N3O2/c1-12-11-13(17(22)19-14-5-2-3-6-14)8-9-15(12)20-16(21)7-4-10-18/h8-9,11,14H,2-7,10,18H2,1H3,(H,19,22)(H,20,21). The first kappa shape index (κ1) is 16.5. The highest BCUT2D eigenvalue weighted by molar-refractivity contribution is 5.96. The molecule has 2 amide bonds. The van der Waals surface area contributed by atoms with Crippen LogP contribution in [-0.4, -0.2) is 24.4 Å². The molecule has 4 N–H and O–H groups in total. The number of amides is 2. The average molecular weight is 303 g/mol. The smallest absolute Gasteiger partial charge is 0.251 e. The van der Waals surface area contributed by atoms with E-state index in [0.29, 0.717) is 31.0 Å². The van der Waals surface area contributed by atoms with Gasteiger partial charge in [0.15, 0.2) is 0 Å². The van der Waals surface area contributed by atoms with Crippen molar-refractivity contribution in [3.63, 3.8) is 0 Å². The summed E-state index contributed by atoms with van der Waals surface area (Å²) in [5, 5.41) is 5.93. The minimum absolute atomic E-state index is 0.0315. The molecule has 0 saturated heterocycles. The van der Waals surface area contributed by atoms with Gasteiger partial charge >= 0.3 is 0 Å². The first-order valence-electron chi connectivity index (χ1n) is 8.01. The van der Waals surface area contributed by atoms with Crippen molar-refractivity contribution < 1.29 is 9.59 Å². The van der Waals surface area contributed by atoms with Gasteiger partial charge in [0.25, 0.3) is 5.91 Å². The van der Waals surface area contributed by atoms with Crippen LogP contribution in [0.2, 0.25) is 0 Å². The fourth-order valence-electron chi connectivity index (χ4n) is 2.76. The van der Waals surface area contributed by atoms with E-state index in [-0.39, 0.29) is 11.8 Å². The highest BCUT2D eigenvalue weighted by Gasteiger charge is 2.18. The number of rotatable bonds is 6. The van der Waals surface area contributed by atoms with Crippen LogP contribution in [0.4, 0.5) is 5.69 Å². The Kier molecular flexibility index (Phi) is 5.95. The third-order valence-electron chi connectivity index (χ3n) is 4.06. The molecule has 120 valence electrons. The van der Waals surface area contributed by atoms with Crippen molar-refractivity contribution in [3.05, 3.63) is 29.3 Å². The second kappa shape index (κ2) is 7.94. The van der Waals surface area contributed by atoms with E-state index in [0.717, 1.165) is 24.1 Å². The molecule has 1 aliphatic carbocycles. The van der Waals surface area contributed by atoms with E-state index < -0.39 is 0 Å².